The number of hydrogen-bond acceptors (Lipinski definition) is 4. The van der Waals surface area contributed by atoms with Gasteiger partial charge in [0, 0.05) is 7.05 Å². The first-order valence-corrected chi connectivity index (χ1v) is 6.91. The lowest BCUT2D eigenvalue weighted by Crippen LogP contribution is -2.30. The summed E-state index contributed by atoms with van der Waals surface area (Å²) in [6.45, 7) is 5.36. The Labute approximate surface area is 129 Å². The van der Waals surface area contributed by atoms with Gasteiger partial charge in [-0.1, -0.05) is 12.1 Å². The first-order valence-electron chi connectivity index (χ1n) is 6.91. The summed E-state index contributed by atoms with van der Waals surface area (Å²) < 4.78 is 7.30. The third-order valence-electron chi connectivity index (χ3n) is 3.44. The summed E-state index contributed by atoms with van der Waals surface area (Å²) in [4.78, 5) is 12.3. The molecule has 22 heavy (non-hydrogen) atoms. The van der Waals surface area contributed by atoms with Gasteiger partial charge in [-0.25, -0.2) is 0 Å². The van der Waals surface area contributed by atoms with Gasteiger partial charge in [0.15, 0.2) is 6.10 Å². The van der Waals surface area contributed by atoms with Gasteiger partial charge in [0.05, 0.1) is 22.6 Å². The van der Waals surface area contributed by atoms with Crippen LogP contribution in [-0.4, -0.2) is 21.8 Å². The van der Waals surface area contributed by atoms with Crippen LogP contribution in [0, 0.1) is 25.2 Å². The number of hydrogen-bond donors (Lipinski definition) is 1. The van der Waals surface area contributed by atoms with Gasteiger partial charge in [-0.3, -0.25) is 9.48 Å². The number of anilines is 1. The van der Waals surface area contributed by atoms with Gasteiger partial charge in [0.1, 0.15) is 11.8 Å². The van der Waals surface area contributed by atoms with Crippen LogP contribution in [0.3, 0.4) is 0 Å². The average Bonchev–Trinajstić information content (AvgIpc) is 2.74. The van der Waals surface area contributed by atoms with Gasteiger partial charge in [0.2, 0.25) is 0 Å². The van der Waals surface area contributed by atoms with Gasteiger partial charge in [0.25, 0.3) is 5.91 Å². The number of ether oxygens (including phenoxy) is 1. The minimum absolute atomic E-state index is 0.285. The lowest BCUT2D eigenvalue weighted by Gasteiger charge is -2.15. The molecule has 2 aromatic rings. The van der Waals surface area contributed by atoms with Crippen molar-refractivity contribution in [3.05, 3.63) is 41.2 Å². The number of benzene rings is 1. The summed E-state index contributed by atoms with van der Waals surface area (Å²) in [5.74, 6) is 0.110. The van der Waals surface area contributed by atoms with Gasteiger partial charge in [-0.15, -0.1) is 0 Å². The van der Waals surface area contributed by atoms with Gasteiger partial charge < -0.3 is 10.1 Å². The van der Waals surface area contributed by atoms with Crippen LogP contribution in [0.5, 0.6) is 5.75 Å². The molecule has 1 aromatic carbocycles. The predicted molar refractivity (Wildman–Crippen MR) is 82.6 cm³/mol. The Kier molecular flexibility index (Phi) is 4.47. The van der Waals surface area contributed by atoms with Crippen LogP contribution in [0.25, 0.3) is 0 Å². The fraction of sp³-hybridized carbons (Fsp3) is 0.312. The summed E-state index contributed by atoms with van der Waals surface area (Å²) in [6, 6.07) is 8.87. The third kappa shape index (κ3) is 3.09. The minimum Gasteiger partial charge on any atom is -0.480 e. The maximum Gasteiger partial charge on any atom is 0.265 e. The van der Waals surface area contributed by atoms with Crippen LogP contribution >= 0.6 is 0 Å². The van der Waals surface area contributed by atoms with Crippen LogP contribution in [0.1, 0.15) is 23.9 Å². The monoisotopic (exact) mass is 298 g/mol. The number of aryl methyl sites for hydroxylation is 2. The number of carbonyl (C=O) groups excluding carboxylic acids is 1. The minimum atomic E-state index is -0.728. The molecule has 0 fully saturated rings. The number of carbonyl (C=O) groups is 1. The molecule has 6 heteroatoms. The van der Waals surface area contributed by atoms with E-state index in [4.69, 9.17) is 10.00 Å². The molecule has 0 bridgehead atoms. The van der Waals surface area contributed by atoms with Crippen molar-refractivity contribution in [1.29, 1.82) is 5.26 Å². The smallest absolute Gasteiger partial charge is 0.265 e. The zero-order chi connectivity index (χ0) is 16.3. The van der Waals surface area contributed by atoms with E-state index in [1.54, 1.807) is 35.9 Å². The molecular weight excluding hydrogens is 280 g/mol. The standard InChI is InChI=1S/C16H18N4O2/c1-10-15(11(2)20(4)19-10)18-16(21)12(3)22-14-8-6-5-7-13(14)9-17/h5-8,12H,1-4H3,(H,18,21). The van der Waals surface area contributed by atoms with Gasteiger partial charge >= 0.3 is 0 Å². The molecule has 6 nitrogen and oxygen atoms in total. The predicted octanol–water partition coefficient (Wildman–Crippen LogP) is 2.31. The van der Waals surface area contributed by atoms with Gasteiger partial charge in [-0.05, 0) is 32.9 Å². The Bertz CT molecular complexity index is 743. The van der Waals surface area contributed by atoms with E-state index in [0.717, 1.165) is 11.4 Å². The number of aromatic nitrogens is 2. The van der Waals surface area contributed by atoms with Crippen LogP contribution < -0.4 is 10.1 Å². The van der Waals surface area contributed by atoms with E-state index in [1.807, 2.05) is 27.0 Å². The van der Waals surface area contributed by atoms with Crippen molar-refractivity contribution in [2.24, 2.45) is 7.05 Å². The fourth-order valence-electron chi connectivity index (χ4n) is 2.09. The van der Waals surface area contributed by atoms with Crippen molar-refractivity contribution in [3.8, 4) is 11.8 Å². The molecule has 1 atom stereocenters. The largest absolute Gasteiger partial charge is 0.480 e. The average molecular weight is 298 g/mol. The van der Waals surface area contributed by atoms with Crippen molar-refractivity contribution < 1.29 is 9.53 Å². The first-order chi connectivity index (χ1) is 10.4. The fourth-order valence-corrected chi connectivity index (χ4v) is 2.09. The van der Waals surface area contributed by atoms with E-state index < -0.39 is 6.10 Å². The lowest BCUT2D eigenvalue weighted by atomic mass is 10.2. The number of nitriles is 1. The molecule has 0 radical (unpaired) electrons. The summed E-state index contributed by atoms with van der Waals surface area (Å²) in [6.07, 6.45) is -0.728. The Morgan fingerprint density at radius 2 is 2.09 bits per heavy atom. The molecule has 0 spiro atoms. The van der Waals surface area contributed by atoms with E-state index in [2.05, 4.69) is 10.4 Å². The number of rotatable bonds is 4. The summed E-state index contributed by atoms with van der Waals surface area (Å²) in [5, 5.41) is 16.1. The van der Waals surface area contributed by atoms with Crippen LogP contribution in [0.2, 0.25) is 0 Å². The molecule has 1 aromatic heterocycles. The first kappa shape index (κ1) is 15.6. The van der Waals surface area contributed by atoms with E-state index in [0.29, 0.717) is 17.0 Å². The molecule has 114 valence electrons. The summed E-state index contributed by atoms with van der Waals surface area (Å²) >= 11 is 0. The molecule has 0 aliphatic carbocycles. The highest BCUT2D eigenvalue weighted by atomic mass is 16.5. The third-order valence-corrected chi connectivity index (χ3v) is 3.44. The quantitative estimate of drug-likeness (QED) is 0.939. The summed E-state index contributed by atoms with van der Waals surface area (Å²) in [5.41, 5.74) is 2.71. The van der Waals surface area contributed by atoms with Crippen LogP contribution in [0.15, 0.2) is 24.3 Å². The molecule has 0 aliphatic heterocycles. The maximum atomic E-state index is 12.3. The Balaban J connectivity index is 2.11. The highest BCUT2D eigenvalue weighted by Crippen LogP contribution is 2.21. The maximum absolute atomic E-state index is 12.3. The second-order valence-electron chi connectivity index (χ2n) is 5.03. The molecule has 1 unspecified atom stereocenters. The molecule has 0 saturated carbocycles. The number of para-hydroxylation sites is 1. The second-order valence-corrected chi connectivity index (χ2v) is 5.03. The molecule has 1 N–H and O–H groups in total. The van der Waals surface area contributed by atoms with Crippen molar-refractivity contribution in [1.82, 2.24) is 9.78 Å². The number of amides is 1. The summed E-state index contributed by atoms with van der Waals surface area (Å²) in [7, 11) is 1.82. The molecule has 0 aliphatic rings. The van der Waals surface area contributed by atoms with E-state index in [1.165, 1.54) is 0 Å². The van der Waals surface area contributed by atoms with Gasteiger partial charge in [-0.2, -0.15) is 10.4 Å². The zero-order valence-corrected chi connectivity index (χ0v) is 13.0. The Morgan fingerprint density at radius 1 is 1.41 bits per heavy atom. The Hall–Kier alpha value is -2.81. The zero-order valence-electron chi connectivity index (χ0n) is 13.0. The van der Waals surface area contributed by atoms with Crippen molar-refractivity contribution in [2.45, 2.75) is 26.9 Å². The van der Waals surface area contributed by atoms with Crippen molar-refractivity contribution in [2.75, 3.05) is 5.32 Å². The number of nitrogens with zero attached hydrogens (tertiary/aromatic N) is 3. The highest BCUT2D eigenvalue weighted by molar-refractivity contribution is 5.95. The van der Waals surface area contributed by atoms with Crippen LogP contribution in [0.4, 0.5) is 5.69 Å². The molecule has 0 saturated heterocycles. The van der Waals surface area contributed by atoms with E-state index in [9.17, 15) is 4.79 Å². The molecule has 1 heterocycles. The molecular formula is C16H18N4O2. The van der Waals surface area contributed by atoms with Crippen molar-refractivity contribution >= 4 is 11.6 Å². The SMILES string of the molecule is Cc1nn(C)c(C)c1NC(=O)C(C)Oc1ccccc1C#N. The second kappa shape index (κ2) is 6.31. The highest BCUT2D eigenvalue weighted by Gasteiger charge is 2.19. The Morgan fingerprint density at radius 3 is 2.68 bits per heavy atom. The lowest BCUT2D eigenvalue weighted by molar-refractivity contribution is -0.122. The molecule has 2 rings (SSSR count). The van der Waals surface area contributed by atoms with E-state index >= 15 is 0 Å². The van der Waals surface area contributed by atoms with Crippen LogP contribution in [-0.2, 0) is 11.8 Å². The van der Waals surface area contributed by atoms with Crippen molar-refractivity contribution in [3.63, 3.8) is 0 Å². The topological polar surface area (TPSA) is 79.9 Å². The normalized spacial score (nSPS) is 11.6. The van der Waals surface area contributed by atoms with E-state index in [-0.39, 0.29) is 5.91 Å². The number of nitrogens with one attached hydrogen (secondary N) is 1. The molecule has 1 amide bonds.